The maximum Gasteiger partial charge on any atom is 0.230 e. The molecule has 0 atom stereocenters. The number of ether oxygens (including phenoxy) is 1. The molecule has 1 heterocycles. The number of hydrogen-bond acceptors (Lipinski definition) is 4. The van der Waals surface area contributed by atoms with E-state index in [-0.39, 0.29) is 5.91 Å². The van der Waals surface area contributed by atoms with E-state index >= 15 is 0 Å². The minimum atomic E-state index is -0.106. The summed E-state index contributed by atoms with van der Waals surface area (Å²) in [4.78, 5) is 19.5. The fourth-order valence-corrected chi connectivity index (χ4v) is 2.15. The number of fused-ring (bicyclic) bond motifs is 1. The molecular weight excluding hydrogens is 278 g/mol. The molecule has 0 saturated carbocycles. The number of nitrogens with zero attached hydrogens (tertiary/aromatic N) is 2. The van der Waals surface area contributed by atoms with E-state index in [9.17, 15) is 4.79 Å². The SMILES string of the molecule is CC(=O)Nc1ccc(Oc2ncnc3ccc(C)cc23)cc1. The van der Waals surface area contributed by atoms with Gasteiger partial charge in [0.25, 0.3) is 0 Å². The Hall–Kier alpha value is -2.95. The van der Waals surface area contributed by atoms with Gasteiger partial charge in [0.2, 0.25) is 11.8 Å². The van der Waals surface area contributed by atoms with E-state index in [1.54, 1.807) is 24.3 Å². The highest BCUT2D eigenvalue weighted by molar-refractivity contribution is 5.88. The van der Waals surface area contributed by atoms with Crippen LogP contribution < -0.4 is 10.1 Å². The lowest BCUT2D eigenvalue weighted by Gasteiger charge is -2.08. The average molecular weight is 293 g/mol. The highest BCUT2D eigenvalue weighted by Crippen LogP contribution is 2.27. The second-order valence-corrected chi connectivity index (χ2v) is 5.01. The van der Waals surface area contributed by atoms with Gasteiger partial charge in [0.1, 0.15) is 12.1 Å². The Morgan fingerprint density at radius 2 is 1.86 bits per heavy atom. The van der Waals surface area contributed by atoms with Crippen LogP contribution in [0.1, 0.15) is 12.5 Å². The Labute approximate surface area is 128 Å². The fourth-order valence-electron chi connectivity index (χ4n) is 2.15. The van der Waals surface area contributed by atoms with E-state index in [1.165, 1.54) is 13.3 Å². The molecule has 0 fully saturated rings. The number of benzene rings is 2. The number of anilines is 1. The Kier molecular flexibility index (Phi) is 3.70. The lowest BCUT2D eigenvalue weighted by molar-refractivity contribution is -0.114. The molecule has 5 heteroatoms. The molecule has 1 aromatic heterocycles. The summed E-state index contributed by atoms with van der Waals surface area (Å²) < 4.78 is 5.84. The van der Waals surface area contributed by atoms with Gasteiger partial charge in [0.15, 0.2) is 0 Å². The van der Waals surface area contributed by atoms with Gasteiger partial charge in [-0.05, 0) is 43.3 Å². The van der Waals surface area contributed by atoms with Gasteiger partial charge >= 0.3 is 0 Å². The van der Waals surface area contributed by atoms with Gasteiger partial charge in [-0.2, -0.15) is 0 Å². The first-order chi connectivity index (χ1) is 10.6. The maximum atomic E-state index is 11.0. The third-order valence-corrected chi connectivity index (χ3v) is 3.14. The van der Waals surface area contributed by atoms with Crippen LogP contribution in [0.5, 0.6) is 11.6 Å². The molecule has 0 radical (unpaired) electrons. The monoisotopic (exact) mass is 293 g/mol. The molecule has 3 rings (SSSR count). The van der Waals surface area contributed by atoms with Gasteiger partial charge in [-0.25, -0.2) is 9.97 Å². The Bertz CT molecular complexity index is 829. The molecule has 0 aliphatic carbocycles. The van der Waals surface area contributed by atoms with E-state index < -0.39 is 0 Å². The highest BCUT2D eigenvalue weighted by atomic mass is 16.5. The van der Waals surface area contributed by atoms with Crippen molar-refractivity contribution >= 4 is 22.5 Å². The summed E-state index contributed by atoms with van der Waals surface area (Å²) in [5.74, 6) is 1.06. The summed E-state index contributed by atoms with van der Waals surface area (Å²) in [5.41, 5.74) is 2.68. The van der Waals surface area contributed by atoms with E-state index in [0.29, 0.717) is 11.6 Å². The maximum absolute atomic E-state index is 11.0. The quantitative estimate of drug-likeness (QED) is 0.800. The first-order valence-corrected chi connectivity index (χ1v) is 6.89. The van der Waals surface area contributed by atoms with Crippen molar-refractivity contribution in [3.05, 3.63) is 54.4 Å². The van der Waals surface area contributed by atoms with Crippen LogP contribution in [-0.2, 0) is 4.79 Å². The molecule has 0 unspecified atom stereocenters. The summed E-state index contributed by atoms with van der Waals surface area (Å²) in [7, 11) is 0. The van der Waals surface area contributed by atoms with Crippen LogP contribution in [0.25, 0.3) is 10.9 Å². The van der Waals surface area contributed by atoms with Crippen molar-refractivity contribution in [3.8, 4) is 11.6 Å². The van der Waals surface area contributed by atoms with Gasteiger partial charge in [-0.1, -0.05) is 11.6 Å². The van der Waals surface area contributed by atoms with E-state index in [4.69, 9.17) is 4.74 Å². The van der Waals surface area contributed by atoms with E-state index in [2.05, 4.69) is 15.3 Å². The number of carbonyl (C=O) groups excluding carboxylic acids is 1. The van der Waals surface area contributed by atoms with Crippen molar-refractivity contribution in [2.45, 2.75) is 13.8 Å². The molecule has 0 aliphatic heterocycles. The van der Waals surface area contributed by atoms with Crippen LogP contribution in [0.2, 0.25) is 0 Å². The normalized spacial score (nSPS) is 10.5. The largest absolute Gasteiger partial charge is 0.438 e. The lowest BCUT2D eigenvalue weighted by atomic mass is 10.2. The van der Waals surface area contributed by atoms with Gasteiger partial charge in [0, 0.05) is 12.6 Å². The predicted octanol–water partition coefficient (Wildman–Crippen LogP) is 3.69. The Balaban J connectivity index is 1.89. The number of rotatable bonds is 3. The van der Waals surface area contributed by atoms with E-state index in [1.807, 2.05) is 25.1 Å². The molecule has 110 valence electrons. The first kappa shape index (κ1) is 14.0. The number of aromatic nitrogens is 2. The molecule has 22 heavy (non-hydrogen) atoms. The molecule has 1 N–H and O–H groups in total. The third kappa shape index (κ3) is 3.03. The van der Waals surface area contributed by atoms with Gasteiger partial charge in [-0.3, -0.25) is 4.79 Å². The van der Waals surface area contributed by atoms with E-state index in [0.717, 1.165) is 22.2 Å². The van der Waals surface area contributed by atoms with Crippen molar-refractivity contribution in [3.63, 3.8) is 0 Å². The van der Waals surface area contributed by atoms with Crippen LogP contribution in [0, 0.1) is 6.92 Å². The molecule has 2 aromatic carbocycles. The molecule has 0 spiro atoms. The smallest absolute Gasteiger partial charge is 0.230 e. The number of aryl methyl sites for hydroxylation is 1. The van der Waals surface area contributed by atoms with Crippen LogP contribution in [0.3, 0.4) is 0 Å². The van der Waals surface area contributed by atoms with Crippen LogP contribution in [0.4, 0.5) is 5.69 Å². The second kappa shape index (κ2) is 5.81. The van der Waals surface area contributed by atoms with Crippen LogP contribution >= 0.6 is 0 Å². The summed E-state index contributed by atoms with van der Waals surface area (Å²) in [5, 5.41) is 3.58. The van der Waals surface area contributed by atoms with Crippen LogP contribution in [0.15, 0.2) is 48.8 Å². The fraction of sp³-hybridized carbons (Fsp3) is 0.118. The lowest BCUT2D eigenvalue weighted by Crippen LogP contribution is -2.05. The summed E-state index contributed by atoms with van der Waals surface area (Å²) >= 11 is 0. The summed E-state index contributed by atoms with van der Waals surface area (Å²) in [6.45, 7) is 3.48. The number of nitrogens with one attached hydrogen (secondary N) is 1. The van der Waals surface area contributed by atoms with Crippen molar-refractivity contribution in [1.82, 2.24) is 9.97 Å². The number of hydrogen-bond donors (Lipinski definition) is 1. The first-order valence-electron chi connectivity index (χ1n) is 6.89. The Morgan fingerprint density at radius 3 is 2.59 bits per heavy atom. The number of amides is 1. The number of carbonyl (C=O) groups is 1. The molecule has 3 aromatic rings. The van der Waals surface area contributed by atoms with Crippen molar-refractivity contribution in [2.75, 3.05) is 5.32 Å². The van der Waals surface area contributed by atoms with Crippen molar-refractivity contribution in [2.24, 2.45) is 0 Å². The molecular formula is C17H15N3O2. The summed E-state index contributed by atoms with van der Waals surface area (Å²) in [6, 6.07) is 13.1. The topological polar surface area (TPSA) is 64.1 Å². The van der Waals surface area contributed by atoms with Crippen molar-refractivity contribution < 1.29 is 9.53 Å². The molecule has 0 saturated heterocycles. The van der Waals surface area contributed by atoms with Gasteiger partial charge < -0.3 is 10.1 Å². The standard InChI is InChI=1S/C17H15N3O2/c1-11-3-8-16-15(9-11)17(19-10-18-16)22-14-6-4-13(5-7-14)20-12(2)21/h3-10H,1-2H3,(H,20,21). The summed E-state index contributed by atoms with van der Waals surface area (Å²) in [6.07, 6.45) is 1.48. The molecule has 0 aliphatic rings. The third-order valence-electron chi connectivity index (χ3n) is 3.14. The Morgan fingerprint density at radius 1 is 1.09 bits per heavy atom. The van der Waals surface area contributed by atoms with Gasteiger partial charge in [0.05, 0.1) is 10.9 Å². The van der Waals surface area contributed by atoms with Crippen LogP contribution in [-0.4, -0.2) is 15.9 Å². The minimum Gasteiger partial charge on any atom is -0.438 e. The zero-order valence-electron chi connectivity index (χ0n) is 12.3. The zero-order valence-corrected chi connectivity index (χ0v) is 12.3. The highest BCUT2D eigenvalue weighted by Gasteiger charge is 2.06. The predicted molar refractivity (Wildman–Crippen MR) is 85.1 cm³/mol. The molecule has 0 bridgehead atoms. The minimum absolute atomic E-state index is 0.106. The van der Waals surface area contributed by atoms with Crippen molar-refractivity contribution in [1.29, 1.82) is 0 Å². The molecule has 5 nitrogen and oxygen atoms in total. The zero-order chi connectivity index (χ0) is 15.5. The second-order valence-electron chi connectivity index (χ2n) is 5.01. The molecule has 1 amide bonds. The average Bonchev–Trinajstić information content (AvgIpc) is 2.49. The van der Waals surface area contributed by atoms with Gasteiger partial charge in [-0.15, -0.1) is 0 Å².